The van der Waals surface area contributed by atoms with Gasteiger partial charge in [0.2, 0.25) is 11.8 Å². The predicted octanol–water partition coefficient (Wildman–Crippen LogP) is 6.21. The van der Waals surface area contributed by atoms with Crippen molar-refractivity contribution in [3.8, 4) is 22.7 Å². The third kappa shape index (κ3) is 5.60. The molecule has 0 fully saturated rings. The highest BCUT2D eigenvalue weighted by molar-refractivity contribution is 8.00. The van der Waals surface area contributed by atoms with Crippen molar-refractivity contribution in [3.05, 3.63) is 94.5 Å². The van der Waals surface area contributed by atoms with Gasteiger partial charge in [-0.15, -0.1) is 11.8 Å². The number of para-hydroxylation sites is 1. The number of carbonyl (C=O) groups excluding carboxylic acids is 2. The average Bonchev–Trinajstić information content (AvgIpc) is 3.29. The van der Waals surface area contributed by atoms with Gasteiger partial charge in [-0.1, -0.05) is 66.6 Å². The van der Waals surface area contributed by atoms with E-state index in [0.717, 1.165) is 40.1 Å². The van der Waals surface area contributed by atoms with Crippen LogP contribution in [0.25, 0.3) is 16.9 Å². The topological polar surface area (TPSA) is 76.5 Å². The molecular weight excluding hydrogens is 544 g/mol. The van der Waals surface area contributed by atoms with Crippen LogP contribution in [0.3, 0.4) is 0 Å². The molecule has 2 heterocycles. The van der Waals surface area contributed by atoms with Gasteiger partial charge in [-0.2, -0.15) is 5.10 Å². The molecule has 1 N–H and O–H groups in total. The van der Waals surface area contributed by atoms with E-state index in [-0.39, 0.29) is 29.4 Å². The Kier molecular flexibility index (Phi) is 8.47. The molecule has 1 unspecified atom stereocenters. The van der Waals surface area contributed by atoms with E-state index in [1.54, 1.807) is 16.7 Å². The van der Waals surface area contributed by atoms with Crippen molar-refractivity contribution < 1.29 is 14.3 Å². The lowest BCUT2D eigenvalue weighted by Gasteiger charge is -2.23. The Morgan fingerprint density at radius 1 is 1.10 bits per heavy atom. The highest BCUT2D eigenvalue weighted by Crippen LogP contribution is 2.50. The number of amides is 2. The van der Waals surface area contributed by atoms with E-state index < -0.39 is 0 Å². The number of anilines is 1. The predicted molar refractivity (Wildman–Crippen MR) is 162 cm³/mol. The number of carbonyl (C=O) groups is 2. The fourth-order valence-electron chi connectivity index (χ4n) is 4.80. The van der Waals surface area contributed by atoms with Gasteiger partial charge >= 0.3 is 0 Å². The molecule has 0 saturated heterocycles. The lowest BCUT2D eigenvalue weighted by molar-refractivity contribution is -0.122. The molecule has 0 aliphatic carbocycles. The van der Waals surface area contributed by atoms with Gasteiger partial charge in [0, 0.05) is 28.3 Å². The zero-order valence-electron chi connectivity index (χ0n) is 22.7. The minimum Gasteiger partial charge on any atom is -0.496 e. The summed E-state index contributed by atoms with van der Waals surface area (Å²) >= 11 is 7.75. The summed E-state index contributed by atoms with van der Waals surface area (Å²) in [6.45, 7) is 4.45. The van der Waals surface area contributed by atoms with Gasteiger partial charge < -0.3 is 10.1 Å². The van der Waals surface area contributed by atoms with E-state index in [9.17, 15) is 9.59 Å². The first-order chi connectivity index (χ1) is 19.4. The highest BCUT2D eigenvalue weighted by atomic mass is 35.5. The van der Waals surface area contributed by atoms with Gasteiger partial charge in [0.25, 0.3) is 0 Å². The molecule has 3 aromatic carbocycles. The third-order valence-corrected chi connectivity index (χ3v) is 8.27. The van der Waals surface area contributed by atoms with Crippen molar-refractivity contribution in [1.82, 2.24) is 15.1 Å². The average molecular weight is 575 g/mol. The largest absolute Gasteiger partial charge is 0.496 e. The lowest BCUT2D eigenvalue weighted by Crippen LogP contribution is -2.42. The van der Waals surface area contributed by atoms with E-state index >= 15 is 0 Å². The molecule has 0 bridgehead atoms. The third-order valence-electron chi connectivity index (χ3n) is 6.78. The van der Waals surface area contributed by atoms with Gasteiger partial charge in [0.1, 0.15) is 18.1 Å². The second-order valence-electron chi connectivity index (χ2n) is 9.60. The summed E-state index contributed by atoms with van der Waals surface area (Å²) in [4.78, 5) is 28.4. The second kappa shape index (κ2) is 12.2. The Bertz CT molecular complexity index is 1520. The number of aryl methyl sites for hydroxylation is 1. The summed E-state index contributed by atoms with van der Waals surface area (Å²) < 4.78 is 7.55. The maximum Gasteiger partial charge on any atom is 0.240 e. The Labute approximate surface area is 243 Å². The fourth-order valence-corrected chi connectivity index (χ4v) is 6.15. The molecule has 0 saturated carbocycles. The Morgan fingerprint density at radius 2 is 1.82 bits per heavy atom. The molecule has 1 aliphatic rings. The summed E-state index contributed by atoms with van der Waals surface area (Å²) in [6, 6.07) is 23.3. The van der Waals surface area contributed by atoms with E-state index in [1.807, 2.05) is 86.6 Å². The number of thioether (sulfide) groups is 1. The number of fused-ring (bicyclic) bond motifs is 1. The van der Waals surface area contributed by atoms with Gasteiger partial charge in [0.15, 0.2) is 0 Å². The number of aromatic nitrogens is 2. The van der Waals surface area contributed by atoms with Crippen LogP contribution in [0.1, 0.15) is 35.3 Å². The maximum absolute atomic E-state index is 13.8. The molecular formula is C31H31ClN4O3S. The van der Waals surface area contributed by atoms with Crippen LogP contribution in [0.2, 0.25) is 5.02 Å². The number of hydrogen-bond donors (Lipinski definition) is 1. The molecule has 5 rings (SSSR count). The number of nitrogens with one attached hydrogen (secondary N) is 1. The molecule has 1 atom stereocenters. The van der Waals surface area contributed by atoms with Gasteiger partial charge in [-0.25, -0.2) is 4.68 Å². The molecule has 9 heteroatoms. The van der Waals surface area contributed by atoms with Crippen molar-refractivity contribution in [3.63, 3.8) is 0 Å². The molecule has 40 heavy (non-hydrogen) atoms. The van der Waals surface area contributed by atoms with Crippen LogP contribution < -0.4 is 15.0 Å². The van der Waals surface area contributed by atoms with E-state index in [2.05, 4.69) is 5.32 Å². The number of ether oxygens (including phenoxy) is 1. The van der Waals surface area contributed by atoms with Crippen molar-refractivity contribution in [2.75, 3.05) is 30.9 Å². The number of benzene rings is 3. The van der Waals surface area contributed by atoms with Crippen molar-refractivity contribution in [1.29, 1.82) is 0 Å². The van der Waals surface area contributed by atoms with E-state index in [4.69, 9.17) is 21.4 Å². The van der Waals surface area contributed by atoms with Crippen LogP contribution in [0, 0.1) is 6.92 Å². The van der Waals surface area contributed by atoms with Crippen molar-refractivity contribution in [2.24, 2.45) is 0 Å². The number of nitrogens with zero attached hydrogens (tertiary/aromatic N) is 3. The maximum atomic E-state index is 13.8. The van der Waals surface area contributed by atoms with Gasteiger partial charge in [0.05, 0.1) is 29.5 Å². The summed E-state index contributed by atoms with van der Waals surface area (Å²) in [5.41, 5.74) is 5.24. The molecule has 1 aliphatic heterocycles. The van der Waals surface area contributed by atoms with Crippen LogP contribution in [-0.4, -0.2) is 47.5 Å². The SMILES string of the molecule is CCCNC(=O)CN1C(=O)CSC(c2ccccc2OC)c2c(-c3ccc(Cl)cc3)nn(-c3ccc(C)cc3)c21. The summed E-state index contributed by atoms with van der Waals surface area (Å²) in [5, 5.41) is 8.36. The van der Waals surface area contributed by atoms with E-state index in [0.29, 0.717) is 23.1 Å². The first kappa shape index (κ1) is 27.8. The standard InChI is InChI=1S/C31H31ClN4O3S/c1-4-17-33-26(37)18-35-27(38)19-40-30(24-7-5-6-8-25(24)39-3)28-29(21-11-13-22(32)14-12-21)34-36(31(28)35)23-15-9-20(2)10-16-23/h5-16,30H,4,17-19H2,1-3H3,(H,33,37). The number of hydrogen-bond acceptors (Lipinski definition) is 5. The molecule has 4 aromatic rings. The molecule has 1 aromatic heterocycles. The quantitative estimate of drug-likeness (QED) is 0.271. The molecule has 2 amide bonds. The first-order valence-electron chi connectivity index (χ1n) is 13.2. The lowest BCUT2D eigenvalue weighted by atomic mass is 9.99. The minimum absolute atomic E-state index is 0.108. The summed E-state index contributed by atoms with van der Waals surface area (Å²) in [6.07, 6.45) is 0.804. The van der Waals surface area contributed by atoms with Crippen LogP contribution >= 0.6 is 23.4 Å². The van der Waals surface area contributed by atoms with Gasteiger partial charge in [-0.05, 0) is 43.7 Å². The molecule has 0 spiro atoms. The van der Waals surface area contributed by atoms with Crippen LogP contribution in [0.4, 0.5) is 5.82 Å². The van der Waals surface area contributed by atoms with Crippen LogP contribution in [0.15, 0.2) is 72.8 Å². The van der Waals surface area contributed by atoms with Crippen molar-refractivity contribution in [2.45, 2.75) is 25.5 Å². The Morgan fingerprint density at radius 3 is 2.52 bits per heavy atom. The van der Waals surface area contributed by atoms with Crippen LogP contribution in [0.5, 0.6) is 5.75 Å². The second-order valence-corrected chi connectivity index (χ2v) is 11.1. The number of rotatable bonds is 8. The zero-order chi connectivity index (χ0) is 28.2. The number of methoxy groups -OCH3 is 1. The zero-order valence-corrected chi connectivity index (χ0v) is 24.3. The first-order valence-corrected chi connectivity index (χ1v) is 14.6. The molecule has 0 radical (unpaired) electrons. The summed E-state index contributed by atoms with van der Waals surface area (Å²) in [7, 11) is 1.65. The highest BCUT2D eigenvalue weighted by Gasteiger charge is 2.38. The molecule has 7 nitrogen and oxygen atoms in total. The smallest absolute Gasteiger partial charge is 0.240 e. The monoisotopic (exact) mass is 574 g/mol. The Balaban J connectivity index is 1.81. The summed E-state index contributed by atoms with van der Waals surface area (Å²) in [5.74, 6) is 1.11. The van der Waals surface area contributed by atoms with Crippen molar-refractivity contribution >= 4 is 41.0 Å². The minimum atomic E-state index is -0.288. The van der Waals surface area contributed by atoms with E-state index in [1.165, 1.54) is 11.8 Å². The normalized spacial score (nSPS) is 14.9. The molecule has 206 valence electrons. The van der Waals surface area contributed by atoms with Crippen LogP contribution in [-0.2, 0) is 9.59 Å². The fraction of sp³-hybridized carbons (Fsp3) is 0.258. The Hall–Kier alpha value is -3.75. The number of halogens is 1. The van der Waals surface area contributed by atoms with Gasteiger partial charge in [-0.3, -0.25) is 14.5 Å².